The van der Waals surface area contributed by atoms with E-state index in [-0.39, 0.29) is 18.2 Å². The third kappa shape index (κ3) is 3.46. The van der Waals surface area contributed by atoms with Crippen LogP contribution in [0.25, 0.3) is 0 Å². The fraction of sp³-hybridized carbons (Fsp3) is 0.0769. The molecular formula is C13H15ClN4. The van der Waals surface area contributed by atoms with Crippen LogP contribution < -0.4 is 11.1 Å². The van der Waals surface area contributed by atoms with Gasteiger partial charge in [-0.2, -0.15) is 0 Å². The largest absolute Gasteiger partial charge is 0.384 e. The highest BCUT2D eigenvalue weighted by Crippen LogP contribution is 2.15. The molecule has 0 aliphatic heterocycles. The van der Waals surface area contributed by atoms with Gasteiger partial charge in [0.05, 0.1) is 0 Å². The van der Waals surface area contributed by atoms with Crippen LogP contribution in [0.4, 0.5) is 5.69 Å². The lowest BCUT2D eigenvalue weighted by Crippen LogP contribution is -2.14. The van der Waals surface area contributed by atoms with Crippen LogP contribution in [0, 0.1) is 5.41 Å². The average Bonchev–Trinajstić information content (AvgIpc) is 2.38. The monoisotopic (exact) mass is 262 g/mol. The molecule has 4 N–H and O–H groups in total. The third-order valence-corrected chi connectivity index (χ3v) is 2.42. The van der Waals surface area contributed by atoms with Crippen LogP contribution in [-0.2, 0) is 6.54 Å². The number of rotatable bonds is 4. The molecule has 0 saturated heterocycles. The summed E-state index contributed by atoms with van der Waals surface area (Å²) in [6.07, 6.45) is 3.55. The van der Waals surface area contributed by atoms with E-state index >= 15 is 0 Å². The van der Waals surface area contributed by atoms with Gasteiger partial charge < -0.3 is 11.1 Å². The number of para-hydroxylation sites is 1. The predicted molar refractivity (Wildman–Crippen MR) is 76.3 cm³/mol. The van der Waals surface area contributed by atoms with Crippen LogP contribution in [-0.4, -0.2) is 10.8 Å². The van der Waals surface area contributed by atoms with E-state index in [4.69, 9.17) is 11.1 Å². The fourth-order valence-electron chi connectivity index (χ4n) is 1.57. The van der Waals surface area contributed by atoms with E-state index in [9.17, 15) is 0 Å². The molecule has 0 radical (unpaired) electrons. The van der Waals surface area contributed by atoms with E-state index in [2.05, 4.69) is 10.3 Å². The number of amidine groups is 1. The smallest absolute Gasteiger partial charge is 0.124 e. The van der Waals surface area contributed by atoms with E-state index in [1.807, 2.05) is 42.6 Å². The Morgan fingerprint density at radius 2 is 2.00 bits per heavy atom. The van der Waals surface area contributed by atoms with E-state index in [0.29, 0.717) is 6.54 Å². The highest BCUT2D eigenvalue weighted by Gasteiger charge is 2.03. The number of hydrogen-bond acceptors (Lipinski definition) is 3. The first-order valence-electron chi connectivity index (χ1n) is 5.33. The molecule has 0 saturated carbocycles. The molecule has 2 aromatic rings. The van der Waals surface area contributed by atoms with Crippen LogP contribution in [0.1, 0.15) is 11.1 Å². The van der Waals surface area contributed by atoms with E-state index in [1.54, 1.807) is 6.20 Å². The first-order valence-corrected chi connectivity index (χ1v) is 5.33. The molecule has 94 valence electrons. The maximum absolute atomic E-state index is 7.48. The van der Waals surface area contributed by atoms with Crippen molar-refractivity contribution in [1.82, 2.24) is 4.98 Å². The maximum Gasteiger partial charge on any atom is 0.124 e. The molecule has 0 amide bonds. The molecule has 1 heterocycles. The lowest BCUT2D eigenvalue weighted by atomic mass is 10.1. The second kappa shape index (κ2) is 6.61. The lowest BCUT2D eigenvalue weighted by Gasteiger charge is -2.10. The van der Waals surface area contributed by atoms with Gasteiger partial charge in [0.15, 0.2) is 0 Å². The summed E-state index contributed by atoms with van der Waals surface area (Å²) in [5.74, 6) is 0.0688. The zero-order valence-electron chi connectivity index (χ0n) is 9.76. The number of aromatic nitrogens is 1. The van der Waals surface area contributed by atoms with E-state index in [0.717, 1.165) is 16.8 Å². The Morgan fingerprint density at radius 1 is 1.22 bits per heavy atom. The Kier molecular flexibility index (Phi) is 5.14. The third-order valence-electron chi connectivity index (χ3n) is 2.42. The Morgan fingerprint density at radius 3 is 2.67 bits per heavy atom. The van der Waals surface area contributed by atoms with Crippen LogP contribution >= 0.6 is 12.4 Å². The number of nitrogen functional groups attached to an aromatic ring is 1. The van der Waals surface area contributed by atoms with Crippen LogP contribution in [0.3, 0.4) is 0 Å². The summed E-state index contributed by atoms with van der Waals surface area (Å²) in [6.45, 7) is 0.665. The Labute approximate surface area is 112 Å². The molecular weight excluding hydrogens is 248 g/mol. The lowest BCUT2D eigenvalue weighted by molar-refractivity contribution is 1.11. The molecule has 0 aliphatic carbocycles. The Balaban J connectivity index is 0.00000162. The minimum absolute atomic E-state index is 0. The Bertz CT molecular complexity index is 513. The first kappa shape index (κ1) is 14.0. The molecule has 0 aliphatic rings. The van der Waals surface area contributed by atoms with Crippen molar-refractivity contribution in [1.29, 1.82) is 5.41 Å². The zero-order chi connectivity index (χ0) is 12.1. The molecule has 2 rings (SSSR count). The number of anilines is 1. The summed E-state index contributed by atoms with van der Waals surface area (Å²) in [6, 6.07) is 11.4. The highest BCUT2D eigenvalue weighted by molar-refractivity contribution is 6.00. The van der Waals surface area contributed by atoms with Crippen molar-refractivity contribution in [2.75, 3.05) is 5.32 Å². The highest BCUT2D eigenvalue weighted by atomic mass is 35.5. The second-order valence-electron chi connectivity index (χ2n) is 3.67. The topological polar surface area (TPSA) is 74.8 Å². The molecule has 18 heavy (non-hydrogen) atoms. The summed E-state index contributed by atoms with van der Waals surface area (Å²) < 4.78 is 0. The Hall–Kier alpha value is -2.07. The number of halogens is 1. The number of nitrogens with one attached hydrogen (secondary N) is 2. The summed E-state index contributed by atoms with van der Waals surface area (Å²) in [4.78, 5) is 4.05. The molecule has 0 spiro atoms. The molecule has 5 heteroatoms. The SMILES string of the molecule is Cl.N=C(N)c1ccccc1NCc1cccnc1. The molecule has 0 bridgehead atoms. The summed E-state index contributed by atoms with van der Waals surface area (Å²) in [5.41, 5.74) is 8.19. The van der Waals surface area contributed by atoms with Gasteiger partial charge in [0.2, 0.25) is 0 Å². The number of nitrogens with zero attached hydrogens (tertiary/aromatic N) is 1. The molecule has 4 nitrogen and oxygen atoms in total. The standard InChI is InChI=1S/C13H14N4.ClH/c14-13(15)11-5-1-2-6-12(11)17-9-10-4-3-7-16-8-10;/h1-8,17H,9H2,(H3,14,15);1H. The quantitative estimate of drug-likeness (QED) is 0.585. The summed E-state index contributed by atoms with van der Waals surface area (Å²) in [5, 5.41) is 10.7. The van der Waals surface area contributed by atoms with Gasteiger partial charge in [-0.05, 0) is 23.8 Å². The normalized spacial score (nSPS) is 9.33. The van der Waals surface area contributed by atoms with Crippen LogP contribution in [0.15, 0.2) is 48.8 Å². The summed E-state index contributed by atoms with van der Waals surface area (Å²) in [7, 11) is 0. The number of nitrogens with two attached hydrogens (primary N) is 1. The van der Waals surface area contributed by atoms with E-state index in [1.165, 1.54) is 0 Å². The average molecular weight is 263 g/mol. The molecule has 0 fully saturated rings. The van der Waals surface area contributed by atoms with Crippen molar-refractivity contribution in [2.24, 2.45) is 5.73 Å². The summed E-state index contributed by atoms with van der Waals surface area (Å²) >= 11 is 0. The van der Waals surface area contributed by atoms with Gasteiger partial charge >= 0.3 is 0 Å². The van der Waals surface area contributed by atoms with Crippen molar-refractivity contribution in [3.63, 3.8) is 0 Å². The van der Waals surface area contributed by atoms with Gasteiger partial charge in [-0.1, -0.05) is 18.2 Å². The van der Waals surface area contributed by atoms with Gasteiger partial charge in [-0.25, -0.2) is 0 Å². The maximum atomic E-state index is 7.48. The number of hydrogen-bond donors (Lipinski definition) is 3. The molecule has 0 unspecified atom stereocenters. The number of benzene rings is 1. The van der Waals surface area contributed by atoms with Gasteiger partial charge in [0.25, 0.3) is 0 Å². The second-order valence-corrected chi connectivity index (χ2v) is 3.67. The van der Waals surface area contributed by atoms with Gasteiger partial charge in [-0.3, -0.25) is 10.4 Å². The minimum Gasteiger partial charge on any atom is -0.384 e. The van der Waals surface area contributed by atoms with Gasteiger partial charge in [0.1, 0.15) is 5.84 Å². The fourth-order valence-corrected chi connectivity index (χ4v) is 1.57. The van der Waals surface area contributed by atoms with Crippen molar-refractivity contribution in [3.8, 4) is 0 Å². The van der Waals surface area contributed by atoms with Crippen molar-refractivity contribution < 1.29 is 0 Å². The van der Waals surface area contributed by atoms with Crippen molar-refractivity contribution >= 4 is 23.9 Å². The van der Waals surface area contributed by atoms with Gasteiger partial charge in [-0.15, -0.1) is 12.4 Å². The predicted octanol–water partition coefficient (Wildman–Crippen LogP) is 2.40. The zero-order valence-corrected chi connectivity index (χ0v) is 10.6. The number of pyridine rings is 1. The first-order chi connectivity index (χ1) is 8.27. The van der Waals surface area contributed by atoms with Crippen molar-refractivity contribution in [3.05, 3.63) is 59.9 Å². The van der Waals surface area contributed by atoms with Crippen molar-refractivity contribution in [2.45, 2.75) is 6.54 Å². The van der Waals surface area contributed by atoms with Crippen LogP contribution in [0.5, 0.6) is 0 Å². The van der Waals surface area contributed by atoms with E-state index < -0.39 is 0 Å². The molecule has 1 aromatic heterocycles. The molecule has 0 atom stereocenters. The molecule has 1 aromatic carbocycles. The van der Waals surface area contributed by atoms with Crippen LogP contribution in [0.2, 0.25) is 0 Å². The van der Waals surface area contributed by atoms with Gasteiger partial charge in [0, 0.05) is 30.2 Å². The minimum atomic E-state index is 0.